The van der Waals surface area contributed by atoms with E-state index in [4.69, 9.17) is 22.6 Å². The first kappa shape index (κ1) is 17.7. The van der Waals surface area contributed by atoms with E-state index >= 15 is 0 Å². The van der Waals surface area contributed by atoms with Gasteiger partial charge in [-0.2, -0.15) is 5.26 Å². The Bertz CT molecular complexity index is 1210. The van der Waals surface area contributed by atoms with Crippen molar-refractivity contribution in [1.82, 2.24) is 15.0 Å². The maximum Gasteiger partial charge on any atom is 0.223 e. The lowest BCUT2D eigenvalue weighted by atomic mass is 9.88. The summed E-state index contributed by atoms with van der Waals surface area (Å²) in [6.45, 7) is 0. The second-order valence-electron chi connectivity index (χ2n) is 7.50. The van der Waals surface area contributed by atoms with Gasteiger partial charge < -0.3 is 16.0 Å². The number of halogens is 1. The van der Waals surface area contributed by atoms with Crippen molar-refractivity contribution in [3.8, 4) is 17.5 Å². The lowest BCUT2D eigenvalue weighted by Crippen LogP contribution is -2.41. The zero-order chi connectivity index (χ0) is 20.1. The van der Waals surface area contributed by atoms with Crippen molar-refractivity contribution in [1.29, 1.82) is 5.26 Å². The van der Waals surface area contributed by atoms with E-state index in [0.717, 1.165) is 12.0 Å². The van der Waals surface area contributed by atoms with Crippen LogP contribution in [0.15, 0.2) is 42.6 Å². The monoisotopic (exact) mass is 404 g/mol. The average molecular weight is 405 g/mol. The number of carbonyl (C=O) groups excluding carboxylic acids is 1. The first-order valence-corrected chi connectivity index (χ1v) is 9.72. The minimum Gasteiger partial charge on any atom is -0.378 e. The number of nitrogens with two attached hydrogens (primary N) is 1. The Morgan fingerprint density at radius 3 is 2.97 bits per heavy atom. The number of anilines is 1. The van der Waals surface area contributed by atoms with Crippen molar-refractivity contribution in [2.45, 2.75) is 12.5 Å². The number of benzene rings is 1. The van der Waals surface area contributed by atoms with Crippen molar-refractivity contribution in [3.05, 3.63) is 53.2 Å². The molecule has 2 heterocycles. The van der Waals surface area contributed by atoms with E-state index in [2.05, 4.69) is 38.5 Å². The first-order chi connectivity index (χ1) is 14.0. The predicted molar refractivity (Wildman–Crippen MR) is 110 cm³/mol. The number of nitrogens with zero attached hydrogens (tertiary/aromatic N) is 3. The maximum atomic E-state index is 12.0. The molecule has 8 heteroatoms. The molecule has 1 unspecified atom stereocenters. The third kappa shape index (κ3) is 2.84. The molecular formula is C21H17ClN6O. The summed E-state index contributed by atoms with van der Waals surface area (Å²) in [7, 11) is 0. The van der Waals surface area contributed by atoms with Gasteiger partial charge in [0.25, 0.3) is 0 Å². The Morgan fingerprint density at radius 2 is 2.17 bits per heavy atom. The van der Waals surface area contributed by atoms with Crippen LogP contribution in [0, 0.1) is 29.1 Å². The number of fused-ring (bicyclic) bond motifs is 3. The molecule has 1 fully saturated rings. The highest BCUT2D eigenvalue weighted by Crippen LogP contribution is 2.46. The molecule has 2 aliphatic carbocycles. The SMILES string of the molecule is N#Cc1cccc(-c2nc3ncc(Cl)c(NC4[C@@H](C(N)=O)[C@@H]5C=C[C@H]4C5)c3[nH]2)c1. The van der Waals surface area contributed by atoms with Gasteiger partial charge in [0.15, 0.2) is 5.65 Å². The van der Waals surface area contributed by atoms with Gasteiger partial charge in [-0.25, -0.2) is 9.97 Å². The normalized spacial score (nSPS) is 24.7. The summed E-state index contributed by atoms with van der Waals surface area (Å²) in [6.07, 6.45) is 6.68. The topological polar surface area (TPSA) is 120 Å². The maximum absolute atomic E-state index is 12.0. The van der Waals surface area contributed by atoms with Gasteiger partial charge >= 0.3 is 0 Å². The molecule has 5 rings (SSSR count). The van der Waals surface area contributed by atoms with Gasteiger partial charge in [-0.15, -0.1) is 0 Å². The molecule has 2 aromatic heterocycles. The number of primary amides is 1. The zero-order valence-corrected chi connectivity index (χ0v) is 16.0. The van der Waals surface area contributed by atoms with Gasteiger partial charge in [-0.3, -0.25) is 4.79 Å². The smallest absolute Gasteiger partial charge is 0.223 e. The van der Waals surface area contributed by atoms with Crippen LogP contribution in [0.4, 0.5) is 5.69 Å². The van der Waals surface area contributed by atoms with Crippen LogP contribution in [0.2, 0.25) is 5.02 Å². The summed E-state index contributed by atoms with van der Waals surface area (Å²) in [4.78, 5) is 24.2. The summed E-state index contributed by atoms with van der Waals surface area (Å²) in [5.74, 6) is 0.399. The van der Waals surface area contributed by atoms with E-state index in [0.29, 0.717) is 33.3 Å². The Morgan fingerprint density at radius 1 is 1.34 bits per heavy atom. The molecule has 0 saturated heterocycles. The summed E-state index contributed by atoms with van der Waals surface area (Å²) >= 11 is 6.46. The highest BCUT2D eigenvalue weighted by atomic mass is 35.5. The van der Waals surface area contributed by atoms with E-state index in [1.165, 1.54) is 0 Å². The fourth-order valence-corrected chi connectivity index (χ4v) is 4.72. The number of imidazole rings is 1. The van der Waals surface area contributed by atoms with Gasteiger partial charge in [0, 0.05) is 11.6 Å². The number of allylic oxidation sites excluding steroid dienone is 1. The van der Waals surface area contributed by atoms with Crippen molar-refractivity contribution >= 4 is 34.4 Å². The van der Waals surface area contributed by atoms with E-state index in [1.807, 2.05) is 6.07 Å². The van der Waals surface area contributed by atoms with Crippen molar-refractivity contribution < 1.29 is 4.79 Å². The van der Waals surface area contributed by atoms with E-state index < -0.39 is 0 Å². The zero-order valence-electron chi connectivity index (χ0n) is 15.3. The van der Waals surface area contributed by atoms with Crippen molar-refractivity contribution in [2.24, 2.45) is 23.5 Å². The van der Waals surface area contributed by atoms with Crippen molar-refractivity contribution in [3.63, 3.8) is 0 Å². The van der Waals surface area contributed by atoms with Crippen LogP contribution in [-0.2, 0) is 4.79 Å². The molecule has 4 N–H and O–H groups in total. The third-order valence-corrected chi connectivity index (χ3v) is 6.12. The number of nitrogens with one attached hydrogen (secondary N) is 2. The van der Waals surface area contributed by atoms with Crippen LogP contribution < -0.4 is 11.1 Å². The molecule has 0 radical (unpaired) electrons. The van der Waals surface area contributed by atoms with Crippen LogP contribution in [0.25, 0.3) is 22.6 Å². The lowest BCUT2D eigenvalue weighted by molar-refractivity contribution is -0.122. The molecule has 0 spiro atoms. The fourth-order valence-electron chi connectivity index (χ4n) is 4.52. The number of aromatic amines is 1. The van der Waals surface area contributed by atoms with Gasteiger partial charge in [0.05, 0.1) is 34.5 Å². The number of aromatic nitrogens is 3. The van der Waals surface area contributed by atoms with E-state index in [-0.39, 0.29) is 29.7 Å². The Balaban J connectivity index is 1.57. The number of carbonyl (C=O) groups is 1. The molecule has 7 nitrogen and oxygen atoms in total. The Labute approximate surface area is 171 Å². The minimum atomic E-state index is -0.306. The fraction of sp³-hybridized carbons (Fsp3) is 0.238. The number of hydrogen-bond donors (Lipinski definition) is 3. The molecule has 2 aliphatic rings. The van der Waals surface area contributed by atoms with Gasteiger partial charge in [-0.1, -0.05) is 35.9 Å². The van der Waals surface area contributed by atoms with Crippen molar-refractivity contribution in [2.75, 3.05) is 5.32 Å². The van der Waals surface area contributed by atoms with Crippen LogP contribution in [-0.4, -0.2) is 26.9 Å². The molecule has 2 bridgehead atoms. The third-order valence-electron chi connectivity index (χ3n) is 5.84. The van der Waals surface area contributed by atoms with E-state index in [1.54, 1.807) is 24.4 Å². The first-order valence-electron chi connectivity index (χ1n) is 9.34. The molecule has 1 amide bonds. The second kappa shape index (κ2) is 6.61. The standard InChI is InChI=1S/C21H17ClN6O/c22-14-9-25-21-18(27-20(28-21)13-3-1-2-10(6-13)8-23)17(14)26-16-12-5-4-11(7-12)15(16)19(24)29/h1-6,9,11-12,15-16H,7H2,(H2,24,29)(H2,25,26,27,28)/t11-,12+,15+,16?/m1/s1. The summed E-state index contributed by atoms with van der Waals surface area (Å²) in [5, 5.41) is 13.0. The predicted octanol–water partition coefficient (Wildman–Crippen LogP) is 3.24. The molecule has 4 atom stereocenters. The highest BCUT2D eigenvalue weighted by Gasteiger charge is 2.47. The van der Waals surface area contributed by atoms with Crippen LogP contribution in [0.3, 0.4) is 0 Å². The number of H-pyrrole nitrogens is 1. The molecule has 29 heavy (non-hydrogen) atoms. The second-order valence-corrected chi connectivity index (χ2v) is 7.91. The lowest BCUT2D eigenvalue weighted by Gasteiger charge is -2.28. The molecule has 3 aromatic rings. The minimum absolute atomic E-state index is 0.126. The average Bonchev–Trinajstić information content (AvgIpc) is 3.44. The number of nitriles is 1. The molecule has 1 saturated carbocycles. The van der Waals surface area contributed by atoms with Gasteiger partial charge in [0.1, 0.15) is 11.3 Å². The van der Waals surface area contributed by atoms with Crippen LogP contribution >= 0.6 is 11.6 Å². The quantitative estimate of drug-likeness (QED) is 0.576. The summed E-state index contributed by atoms with van der Waals surface area (Å²) in [5.41, 5.74) is 8.83. The Hall–Kier alpha value is -3.37. The summed E-state index contributed by atoms with van der Waals surface area (Å²) in [6, 6.07) is 9.18. The van der Waals surface area contributed by atoms with Gasteiger partial charge in [0.2, 0.25) is 5.91 Å². The highest BCUT2D eigenvalue weighted by molar-refractivity contribution is 6.34. The van der Waals surface area contributed by atoms with Crippen LogP contribution in [0.5, 0.6) is 0 Å². The molecule has 1 aromatic carbocycles. The number of pyridine rings is 1. The largest absolute Gasteiger partial charge is 0.378 e. The molecule has 0 aliphatic heterocycles. The molecular weight excluding hydrogens is 388 g/mol. The molecule has 144 valence electrons. The van der Waals surface area contributed by atoms with Crippen LogP contribution in [0.1, 0.15) is 12.0 Å². The number of amides is 1. The summed E-state index contributed by atoms with van der Waals surface area (Å²) < 4.78 is 0. The number of rotatable bonds is 4. The van der Waals surface area contributed by atoms with Gasteiger partial charge in [-0.05, 0) is 30.4 Å². The van der Waals surface area contributed by atoms with E-state index in [9.17, 15) is 4.79 Å². The Kier molecular flexibility index (Phi) is 4.03. The number of hydrogen-bond acceptors (Lipinski definition) is 5.